The van der Waals surface area contributed by atoms with Crippen LogP contribution in [0.2, 0.25) is 0 Å². The van der Waals surface area contributed by atoms with Gasteiger partial charge in [0.25, 0.3) is 0 Å². The van der Waals surface area contributed by atoms with Crippen LogP contribution in [0.25, 0.3) is 0 Å². The van der Waals surface area contributed by atoms with Crippen molar-refractivity contribution in [2.24, 2.45) is 5.92 Å². The molecule has 1 N–H and O–H groups in total. The van der Waals surface area contributed by atoms with Crippen LogP contribution in [0.3, 0.4) is 0 Å². The highest BCUT2D eigenvalue weighted by Gasteiger charge is 2.35. The maximum atomic E-state index is 12.9. The van der Waals surface area contributed by atoms with Gasteiger partial charge in [0.05, 0.1) is 5.92 Å². The second kappa shape index (κ2) is 6.52. The Morgan fingerprint density at radius 1 is 1.23 bits per heavy atom. The van der Waals surface area contributed by atoms with Crippen molar-refractivity contribution < 1.29 is 14.0 Å². The van der Waals surface area contributed by atoms with E-state index in [0.29, 0.717) is 5.69 Å². The molecule has 0 saturated carbocycles. The average molecular weight is 326 g/mol. The summed E-state index contributed by atoms with van der Waals surface area (Å²) in [6.07, 6.45) is 2.82. The van der Waals surface area contributed by atoms with Gasteiger partial charge in [0.2, 0.25) is 11.8 Å². The lowest BCUT2D eigenvalue weighted by atomic mass is 10.1. The predicted molar refractivity (Wildman–Crippen MR) is 78.5 cm³/mol. The van der Waals surface area contributed by atoms with E-state index < -0.39 is 5.92 Å². The fourth-order valence-corrected chi connectivity index (χ4v) is 2.23. The Morgan fingerprint density at radius 2 is 1.86 bits per heavy atom. The Labute approximate surface area is 131 Å². The van der Waals surface area contributed by atoms with Crippen molar-refractivity contribution in [2.75, 3.05) is 16.9 Å². The number of amides is 2. The lowest BCUT2D eigenvalue weighted by Crippen LogP contribution is -2.31. The molecule has 22 heavy (non-hydrogen) atoms. The zero-order chi connectivity index (χ0) is 14.8. The quantitative estimate of drug-likeness (QED) is 0.911. The smallest absolute Gasteiger partial charge is 0.244 e. The Morgan fingerprint density at radius 3 is 2.50 bits per heavy atom. The normalized spacial score (nSPS) is 17.2. The van der Waals surface area contributed by atoms with Gasteiger partial charge in [0.1, 0.15) is 18.5 Å². The summed E-state index contributed by atoms with van der Waals surface area (Å²) < 4.78 is 14.2. The molecule has 1 aromatic heterocycles. The Balaban J connectivity index is 0.00000176. The third kappa shape index (κ3) is 3.22. The van der Waals surface area contributed by atoms with Crippen molar-refractivity contribution >= 4 is 29.9 Å². The summed E-state index contributed by atoms with van der Waals surface area (Å²) in [6, 6.07) is 5.61. The molecule has 1 unspecified atom stereocenters. The van der Waals surface area contributed by atoms with Crippen LogP contribution in [-0.2, 0) is 9.59 Å². The van der Waals surface area contributed by atoms with Crippen LogP contribution < -0.4 is 10.3 Å². The van der Waals surface area contributed by atoms with Crippen molar-refractivity contribution in [2.45, 2.75) is 6.42 Å². The van der Waals surface area contributed by atoms with Crippen LogP contribution in [0, 0.1) is 11.7 Å². The predicted octanol–water partition coefficient (Wildman–Crippen LogP) is 0.962. The Kier molecular flexibility index (Phi) is 4.71. The summed E-state index contributed by atoms with van der Waals surface area (Å²) in [5.41, 5.74) is 3.16. The number of nitrogens with zero attached hydrogens (tertiary/aromatic N) is 4. The third-order valence-corrected chi connectivity index (χ3v) is 3.29. The summed E-state index contributed by atoms with van der Waals surface area (Å²) in [5.74, 6) is -1.28. The standard InChI is InChI=1S/C13H12FN5O2.ClH/c14-10-1-3-11(4-2-10)19-6-9(5-12(19)20)13(21)17-18-7-15-16-8-18;/h1-4,7-9H,5-6H2,(H,17,21);1H. The van der Waals surface area contributed by atoms with E-state index in [2.05, 4.69) is 15.6 Å². The average Bonchev–Trinajstić information content (AvgIpc) is 3.09. The highest BCUT2D eigenvalue weighted by molar-refractivity contribution is 6.01. The van der Waals surface area contributed by atoms with Gasteiger partial charge < -0.3 is 4.90 Å². The first-order valence-corrected chi connectivity index (χ1v) is 6.35. The fraction of sp³-hybridized carbons (Fsp3) is 0.231. The van der Waals surface area contributed by atoms with E-state index >= 15 is 0 Å². The number of hydrogen-bond acceptors (Lipinski definition) is 4. The van der Waals surface area contributed by atoms with Gasteiger partial charge in [-0.05, 0) is 24.3 Å². The SMILES string of the molecule is Cl.O=C(Nn1cnnc1)C1CC(=O)N(c2ccc(F)cc2)C1. The van der Waals surface area contributed by atoms with Gasteiger partial charge in [-0.1, -0.05) is 0 Å². The van der Waals surface area contributed by atoms with Crippen LogP contribution in [0.1, 0.15) is 6.42 Å². The first kappa shape index (κ1) is 15.9. The molecule has 1 aromatic carbocycles. The number of hydrogen-bond donors (Lipinski definition) is 1. The number of nitrogens with one attached hydrogen (secondary N) is 1. The number of benzene rings is 1. The first-order chi connectivity index (χ1) is 10.1. The van der Waals surface area contributed by atoms with Crippen molar-refractivity contribution in [1.82, 2.24) is 14.9 Å². The van der Waals surface area contributed by atoms with Gasteiger partial charge in [0, 0.05) is 18.7 Å². The van der Waals surface area contributed by atoms with Gasteiger partial charge >= 0.3 is 0 Å². The number of rotatable bonds is 3. The molecule has 0 spiro atoms. The van der Waals surface area contributed by atoms with Crippen LogP contribution in [-0.4, -0.2) is 33.2 Å². The largest absolute Gasteiger partial charge is 0.312 e. The third-order valence-electron chi connectivity index (χ3n) is 3.29. The molecule has 2 amide bonds. The second-order valence-electron chi connectivity index (χ2n) is 4.73. The van der Waals surface area contributed by atoms with E-state index in [-0.39, 0.29) is 43.0 Å². The zero-order valence-corrected chi connectivity index (χ0v) is 12.2. The van der Waals surface area contributed by atoms with Gasteiger partial charge in [0.15, 0.2) is 0 Å². The Hall–Kier alpha value is -2.48. The molecule has 1 fully saturated rings. The van der Waals surface area contributed by atoms with E-state index in [9.17, 15) is 14.0 Å². The van der Waals surface area contributed by atoms with Crippen molar-refractivity contribution in [3.63, 3.8) is 0 Å². The molecule has 116 valence electrons. The highest BCUT2D eigenvalue weighted by atomic mass is 35.5. The molecule has 7 nitrogen and oxygen atoms in total. The number of carbonyl (C=O) groups excluding carboxylic acids is 2. The topological polar surface area (TPSA) is 80.1 Å². The van der Waals surface area contributed by atoms with E-state index in [0.717, 1.165) is 0 Å². The van der Waals surface area contributed by atoms with Gasteiger partial charge in [-0.2, -0.15) is 0 Å². The van der Waals surface area contributed by atoms with E-state index in [1.165, 1.54) is 46.5 Å². The Bertz CT molecular complexity index is 662. The number of anilines is 1. The minimum Gasteiger partial charge on any atom is -0.312 e. The summed E-state index contributed by atoms with van der Waals surface area (Å²) in [4.78, 5) is 25.5. The van der Waals surface area contributed by atoms with Crippen molar-refractivity contribution in [3.8, 4) is 0 Å². The van der Waals surface area contributed by atoms with Gasteiger partial charge in [-0.25, -0.2) is 9.07 Å². The molecule has 1 aliphatic heterocycles. The van der Waals surface area contributed by atoms with E-state index in [1.54, 1.807) is 0 Å². The van der Waals surface area contributed by atoms with Gasteiger partial charge in [-0.3, -0.25) is 15.0 Å². The summed E-state index contributed by atoms with van der Waals surface area (Å²) >= 11 is 0. The molecule has 1 atom stereocenters. The monoisotopic (exact) mass is 325 g/mol. The maximum absolute atomic E-state index is 12.9. The van der Waals surface area contributed by atoms with E-state index in [1.807, 2.05) is 0 Å². The molecule has 1 aliphatic rings. The second-order valence-corrected chi connectivity index (χ2v) is 4.73. The molecule has 3 rings (SSSR count). The first-order valence-electron chi connectivity index (χ1n) is 6.35. The van der Waals surface area contributed by atoms with E-state index in [4.69, 9.17) is 0 Å². The molecular formula is C13H13ClFN5O2. The molecule has 1 saturated heterocycles. The molecular weight excluding hydrogens is 313 g/mol. The van der Waals surface area contributed by atoms with Crippen LogP contribution in [0.4, 0.5) is 10.1 Å². The molecule has 9 heteroatoms. The number of aromatic nitrogens is 3. The molecule has 2 heterocycles. The minimum absolute atomic E-state index is 0. The molecule has 0 bridgehead atoms. The van der Waals surface area contributed by atoms with Crippen molar-refractivity contribution in [3.05, 3.63) is 42.7 Å². The molecule has 2 aromatic rings. The summed E-state index contributed by atoms with van der Waals surface area (Å²) in [6.45, 7) is 0.262. The minimum atomic E-state index is -0.468. The van der Waals surface area contributed by atoms with Crippen LogP contribution in [0.15, 0.2) is 36.9 Å². The van der Waals surface area contributed by atoms with Crippen molar-refractivity contribution in [1.29, 1.82) is 0 Å². The zero-order valence-electron chi connectivity index (χ0n) is 11.3. The van der Waals surface area contributed by atoms with Crippen LogP contribution >= 0.6 is 12.4 Å². The summed E-state index contributed by atoms with van der Waals surface area (Å²) in [5, 5.41) is 7.15. The van der Waals surface area contributed by atoms with Crippen LogP contribution in [0.5, 0.6) is 0 Å². The molecule has 0 radical (unpaired) electrons. The summed E-state index contributed by atoms with van der Waals surface area (Å²) in [7, 11) is 0. The molecule has 0 aliphatic carbocycles. The van der Waals surface area contributed by atoms with Gasteiger partial charge in [-0.15, -0.1) is 22.6 Å². The highest BCUT2D eigenvalue weighted by Crippen LogP contribution is 2.25. The maximum Gasteiger partial charge on any atom is 0.244 e. The fourth-order valence-electron chi connectivity index (χ4n) is 2.23. The number of halogens is 2. The number of carbonyl (C=O) groups is 2. The lowest BCUT2D eigenvalue weighted by molar-refractivity contribution is -0.123. The lowest BCUT2D eigenvalue weighted by Gasteiger charge is -2.16.